The number of benzene rings is 1. The highest BCUT2D eigenvalue weighted by Gasteiger charge is 2.09. The van der Waals surface area contributed by atoms with Gasteiger partial charge in [-0.15, -0.1) is 0 Å². The molecule has 0 saturated carbocycles. The van der Waals surface area contributed by atoms with Crippen molar-refractivity contribution in [2.45, 2.75) is 58.5 Å². The third kappa shape index (κ3) is 9.34. The van der Waals surface area contributed by atoms with E-state index in [9.17, 15) is 8.42 Å². The average Bonchev–Trinajstić information content (AvgIpc) is 2.55. The van der Waals surface area contributed by atoms with E-state index in [1.807, 2.05) is 18.2 Å². The molecular weight excluding hydrogens is 336 g/mol. The quantitative estimate of drug-likeness (QED) is 0.337. The first-order valence-corrected chi connectivity index (χ1v) is 10.8. The second-order valence-corrected chi connectivity index (χ2v) is 8.10. The van der Waals surface area contributed by atoms with Crippen LogP contribution in [0.5, 0.6) is 0 Å². The smallest absolute Gasteiger partial charge is 0.229 e. The Labute approximate surface area is 152 Å². The van der Waals surface area contributed by atoms with Crippen LogP contribution >= 0.6 is 0 Å². The molecule has 1 rings (SSSR count). The van der Waals surface area contributed by atoms with Gasteiger partial charge in [-0.3, -0.25) is 9.71 Å². The van der Waals surface area contributed by atoms with Gasteiger partial charge in [-0.05, 0) is 25.0 Å². The lowest BCUT2D eigenvalue weighted by Crippen LogP contribution is -2.41. The van der Waals surface area contributed by atoms with Crippen LogP contribution in [-0.2, 0) is 16.6 Å². The van der Waals surface area contributed by atoms with Crippen molar-refractivity contribution < 1.29 is 8.42 Å². The van der Waals surface area contributed by atoms with Gasteiger partial charge in [0.15, 0.2) is 5.96 Å². The summed E-state index contributed by atoms with van der Waals surface area (Å²) < 4.78 is 25.5. The normalized spacial score (nSPS) is 13.4. The summed E-state index contributed by atoms with van der Waals surface area (Å²) in [4.78, 5) is 4.25. The summed E-state index contributed by atoms with van der Waals surface area (Å²) >= 11 is 0. The largest absolute Gasteiger partial charge is 0.354 e. The van der Waals surface area contributed by atoms with E-state index in [0.717, 1.165) is 24.2 Å². The highest BCUT2D eigenvalue weighted by molar-refractivity contribution is 7.92. The van der Waals surface area contributed by atoms with Crippen LogP contribution in [0.1, 0.15) is 51.5 Å². The minimum Gasteiger partial charge on any atom is -0.354 e. The number of hydrogen-bond acceptors (Lipinski definition) is 3. The third-order valence-corrected chi connectivity index (χ3v) is 4.45. The number of hydrogen-bond donors (Lipinski definition) is 3. The summed E-state index contributed by atoms with van der Waals surface area (Å²) in [7, 11) is -1.57. The minimum absolute atomic E-state index is 0.340. The van der Waals surface area contributed by atoms with Crippen molar-refractivity contribution in [2.75, 3.05) is 18.0 Å². The number of guanidine groups is 1. The lowest BCUT2D eigenvalue weighted by Gasteiger charge is -2.19. The molecule has 0 amide bonds. The first kappa shape index (κ1) is 21.3. The van der Waals surface area contributed by atoms with Gasteiger partial charge in [0, 0.05) is 19.6 Å². The topological polar surface area (TPSA) is 82.6 Å². The predicted molar refractivity (Wildman–Crippen MR) is 106 cm³/mol. The van der Waals surface area contributed by atoms with Crippen LogP contribution in [0, 0.1) is 0 Å². The number of rotatable bonds is 10. The Hall–Kier alpha value is -1.76. The lowest BCUT2D eigenvalue weighted by atomic mass is 10.1. The number of anilines is 1. The van der Waals surface area contributed by atoms with E-state index >= 15 is 0 Å². The molecule has 0 radical (unpaired) electrons. The van der Waals surface area contributed by atoms with Gasteiger partial charge in [0.2, 0.25) is 10.0 Å². The van der Waals surface area contributed by atoms with Crippen molar-refractivity contribution in [3.63, 3.8) is 0 Å². The van der Waals surface area contributed by atoms with E-state index in [2.05, 4.69) is 34.2 Å². The van der Waals surface area contributed by atoms with Gasteiger partial charge in [0.25, 0.3) is 0 Å². The average molecular weight is 369 g/mol. The zero-order chi connectivity index (χ0) is 18.7. The number of unbranched alkanes of at least 4 members (excludes halogenated alkanes) is 3. The van der Waals surface area contributed by atoms with Crippen LogP contribution < -0.4 is 15.4 Å². The maximum absolute atomic E-state index is 11.5. The molecule has 6 nitrogen and oxygen atoms in total. The molecule has 1 unspecified atom stereocenters. The second kappa shape index (κ2) is 11.0. The van der Waals surface area contributed by atoms with Crippen molar-refractivity contribution in [1.82, 2.24) is 10.6 Å². The number of nitrogens with one attached hydrogen (secondary N) is 3. The summed E-state index contributed by atoms with van der Waals surface area (Å²) in [5.74, 6) is 0.720. The standard InChI is InChI=1S/C18H32N4O2S/c1-5-6-7-8-11-15(2)21-18(19-3)20-14-16-12-9-10-13-17(16)22-25(4,23)24/h9-10,12-13,15,22H,5-8,11,14H2,1-4H3,(H2,19,20,21). The van der Waals surface area contributed by atoms with Gasteiger partial charge in [-0.25, -0.2) is 8.42 Å². The van der Waals surface area contributed by atoms with Gasteiger partial charge < -0.3 is 10.6 Å². The molecular formula is C18H32N4O2S. The van der Waals surface area contributed by atoms with E-state index in [-0.39, 0.29) is 0 Å². The van der Waals surface area contributed by atoms with Gasteiger partial charge in [0.05, 0.1) is 11.9 Å². The number of nitrogens with zero attached hydrogens (tertiary/aromatic N) is 1. The van der Waals surface area contributed by atoms with Crippen molar-refractivity contribution in [3.8, 4) is 0 Å². The summed E-state index contributed by atoms with van der Waals surface area (Å²) in [5.41, 5.74) is 1.45. The first-order chi connectivity index (χ1) is 11.9. The molecule has 0 saturated heterocycles. The number of para-hydroxylation sites is 1. The molecule has 0 aliphatic heterocycles. The van der Waals surface area contributed by atoms with E-state index in [1.165, 1.54) is 25.7 Å². The fraction of sp³-hybridized carbons (Fsp3) is 0.611. The molecule has 0 bridgehead atoms. The second-order valence-electron chi connectivity index (χ2n) is 6.35. The highest BCUT2D eigenvalue weighted by atomic mass is 32.2. The van der Waals surface area contributed by atoms with Crippen LogP contribution in [0.2, 0.25) is 0 Å². The van der Waals surface area contributed by atoms with Gasteiger partial charge >= 0.3 is 0 Å². The zero-order valence-corrected chi connectivity index (χ0v) is 16.6. The molecule has 3 N–H and O–H groups in total. The third-order valence-electron chi connectivity index (χ3n) is 3.86. The minimum atomic E-state index is -3.30. The number of aliphatic imine (C=N–C) groups is 1. The molecule has 0 aliphatic rings. The van der Waals surface area contributed by atoms with Crippen molar-refractivity contribution in [2.24, 2.45) is 4.99 Å². The molecule has 1 aromatic carbocycles. The van der Waals surface area contributed by atoms with Crippen molar-refractivity contribution in [1.29, 1.82) is 0 Å². The van der Waals surface area contributed by atoms with Crippen molar-refractivity contribution in [3.05, 3.63) is 29.8 Å². The van der Waals surface area contributed by atoms with Crippen LogP contribution in [0.3, 0.4) is 0 Å². The Morgan fingerprint density at radius 2 is 1.92 bits per heavy atom. The Morgan fingerprint density at radius 3 is 2.56 bits per heavy atom. The zero-order valence-electron chi connectivity index (χ0n) is 15.8. The van der Waals surface area contributed by atoms with Crippen LogP contribution in [0.25, 0.3) is 0 Å². The maximum Gasteiger partial charge on any atom is 0.229 e. The lowest BCUT2D eigenvalue weighted by molar-refractivity contribution is 0.537. The molecule has 142 valence electrons. The summed E-state index contributed by atoms with van der Waals surface area (Å²) in [6.07, 6.45) is 7.25. The molecule has 1 atom stereocenters. The van der Waals surface area contributed by atoms with Gasteiger partial charge in [0.1, 0.15) is 0 Å². The fourth-order valence-corrected chi connectivity index (χ4v) is 3.13. The van der Waals surface area contributed by atoms with E-state index in [1.54, 1.807) is 13.1 Å². The first-order valence-electron chi connectivity index (χ1n) is 8.88. The molecule has 0 aromatic heterocycles. The van der Waals surface area contributed by atoms with Crippen molar-refractivity contribution >= 4 is 21.7 Å². The maximum atomic E-state index is 11.5. The predicted octanol–water partition coefficient (Wildman–Crippen LogP) is 3.08. The summed E-state index contributed by atoms with van der Waals surface area (Å²) in [6.45, 7) is 4.85. The van der Waals surface area contributed by atoms with Crippen LogP contribution in [-0.4, -0.2) is 33.7 Å². The van der Waals surface area contributed by atoms with E-state index < -0.39 is 10.0 Å². The molecule has 1 aromatic rings. The monoisotopic (exact) mass is 368 g/mol. The Morgan fingerprint density at radius 1 is 1.20 bits per heavy atom. The molecule has 0 spiro atoms. The van der Waals surface area contributed by atoms with E-state index in [0.29, 0.717) is 18.3 Å². The Bertz CT molecular complexity index is 644. The Kier molecular flexibility index (Phi) is 9.34. The molecule has 0 heterocycles. The van der Waals surface area contributed by atoms with E-state index in [4.69, 9.17) is 0 Å². The molecule has 0 aliphatic carbocycles. The number of sulfonamides is 1. The molecule has 25 heavy (non-hydrogen) atoms. The van der Waals surface area contributed by atoms with Crippen LogP contribution in [0.15, 0.2) is 29.3 Å². The SMILES string of the molecule is CCCCCCC(C)NC(=NC)NCc1ccccc1NS(C)(=O)=O. The fourth-order valence-electron chi connectivity index (χ4n) is 2.53. The molecule has 7 heteroatoms. The summed E-state index contributed by atoms with van der Waals surface area (Å²) in [6, 6.07) is 7.68. The van der Waals surface area contributed by atoms with Gasteiger partial charge in [-0.1, -0.05) is 50.8 Å². The summed E-state index contributed by atoms with van der Waals surface area (Å²) in [5, 5.41) is 6.63. The molecule has 0 fully saturated rings. The van der Waals surface area contributed by atoms with Gasteiger partial charge in [-0.2, -0.15) is 0 Å². The highest BCUT2D eigenvalue weighted by Crippen LogP contribution is 2.15. The van der Waals surface area contributed by atoms with Crippen LogP contribution in [0.4, 0.5) is 5.69 Å². The Balaban J connectivity index is 2.55.